The van der Waals surface area contributed by atoms with E-state index in [2.05, 4.69) is 179 Å². The third-order valence-corrected chi connectivity index (χ3v) is 13.4. The van der Waals surface area contributed by atoms with E-state index in [9.17, 15) is 0 Å². The molecule has 11 aromatic rings. The molecule has 7 nitrogen and oxygen atoms in total. The van der Waals surface area contributed by atoms with Gasteiger partial charge in [-0.2, -0.15) is 9.97 Å². The maximum absolute atomic E-state index is 5.51. The van der Waals surface area contributed by atoms with Crippen molar-refractivity contribution >= 4 is 34.5 Å². The fraction of sp³-hybridized carbons (Fsp3) is 0.0896. The zero-order chi connectivity index (χ0) is 50.7. The molecule has 11 rings (SSSR count). The first-order chi connectivity index (χ1) is 36.1. The van der Waals surface area contributed by atoms with E-state index in [1.54, 1.807) is 0 Å². The minimum absolute atomic E-state index is 0.400. The van der Waals surface area contributed by atoms with E-state index < -0.39 is 0 Å². The van der Waals surface area contributed by atoms with Gasteiger partial charge in [0.1, 0.15) is 5.82 Å². The Hall–Kier alpha value is -9.33. The van der Waals surface area contributed by atoms with Gasteiger partial charge in [-0.05, 0) is 129 Å². The van der Waals surface area contributed by atoms with Gasteiger partial charge in [-0.25, -0.2) is 15.0 Å². The van der Waals surface area contributed by atoms with Crippen LogP contribution in [0, 0.1) is 41.5 Å². The smallest absolute Gasteiger partial charge is 0.239 e. The van der Waals surface area contributed by atoms with E-state index in [4.69, 9.17) is 24.9 Å². The fourth-order valence-electron chi connectivity index (χ4n) is 10.2. The van der Waals surface area contributed by atoms with Gasteiger partial charge in [-0.1, -0.05) is 187 Å². The van der Waals surface area contributed by atoms with Crippen LogP contribution in [-0.4, -0.2) is 24.9 Å². The van der Waals surface area contributed by atoms with Gasteiger partial charge >= 0.3 is 0 Å². The van der Waals surface area contributed by atoms with E-state index in [1.165, 1.54) is 33.4 Å². The molecule has 0 saturated carbocycles. The zero-order valence-corrected chi connectivity index (χ0v) is 42.5. The monoisotopic (exact) mass is 957 g/mol. The number of benzene rings is 9. The summed E-state index contributed by atoms with van der Waals surface area (Å²) in [7, 11) is 0. The maximum Gasteiger partial charge on any atom is 0.239 e. The Morgan fingerprint density at radius 2 is 0.622 bits per heavy atom. The molecule has 0 atom stereocenters. The number of hydrogen-bond donors (Lipinski definition) is 0. The highest BCUT2D eigenvalue weighted by Gasteiger charge is 2.26. The first-order valence-electron chi connectivity index (χ1n) is 25.1. The van der Waals surface area contributed by atoms with Crippen LogP contribution >= 0.6 is 0 Å². The lowest BCUT2D eigenvalue weighted by atomic mass is 9.96. The van der Waals surface area contributed by atoms with Crippen LogP contribution in [0.5, 0.6) is 0 Å². The van der Waals surface area contributed by atoms with E-state index in [-0.39, 0.29) is 0 Å². The van der Waals surface area contributed by atoms with Crippen molar-refractivity contribution in [2.75, 3.05) is 9.80 Å². The Morgan fingerprint density at radius 3 is 1.05 bits per heavy atom. The predicted molar refractivity (Wildman–Crippen MR) is 306 cm³/mol. The number of rotatable bonds is 12. The summed E-state index contributed by atoms with van der Waals surface area (Å²) in [6, 6.07) is 77.9. The zero-order valence-electron chi connectivity index (χ0n) is 42.5. The van der Waals surface area contributed by atoms with E-state index in [0.717, 1.165) is 73.0 Å². The largest absolute Gasteiger partial charge is 0.309 e. The maximum atomic E-state index is 5.51. The van der Waals surface area contributed by atoms with Gasteiger partial charge in [-0.3, -0.25) is 4.90 Å². The third-order valence-electron chi connectivity index (χ3n) is 13.4. The molecule has 2 heterocycles. The van der Waals surface area contributed by atoms with Gasteiger partial charge in [0.25, 0.3) is 0 Å². The van der Waals surface area contributed by atoms with Gasteiger partial charge in [0.15, 0.2) is 17.5 Å². The van der Waals surface area contributed by atoms with E-state index in [1.807, 2.05) is 97.1 Å². The van der Waals surface area contributed by atoms with Crippen LogP contribution in [0.15, 0.2) is 224 Å². The molecule has 0 amide bonds. The SMILES string of the molecule is Cc1cc(C)c(N(c2ccc(N(c3cc(-c4ccccc4)nc(-c4ccccc4)n3)c3nc(-c4ccccc4)nc(-c4cc(-c5ccccc5)cc(-c5ccccc5)c4)n3)cc2)c2c(C)cc(C)cc2C)c(C)c1. The Bertz CT molecular complexity index is 3550. The highest BCUT2D eigenvalue weighted by Crippen LogP contribution is 2.45. The van der Waals surface area contributed by atoms with E-state index in [0.29, 0.717) is 29.2 Å². The number of hydrogen-bond acceptors (Lipinski definition) is 7. The summed E-state index contributed by atoms with van der Waals surface area (Å²) in [6.07, 6.45) is 0. The molecule has 0 aliphatic carbocycles. The van der Waals surface area contributed by atoms with Crippen molar-refractivity contribution in [3.05, 3.63) is 258 Å². The van der Waals surface area contributed by atoms with Crippen LogP contribution in [0.2, 0.25) is 0 Å². The number of anilines is 6. The molecule has 9 aromatic carbocycles. The molecular formula is C67H55N7. The summed E-state index contributed by atoms with van der Waals surface area (Å²) in [6.45, 7) is 13.2. The molecule has 2 aromatic heterocycles. The topological polar surface area (TPSA) is 70.9 Å². The van der Waals surface area contributed by atoms with E-state index >= 15 is 0 Å². The Labute approximate surface area is 434 Å². The minimum Gasteiger partial charge on any atom is -0.309 e. The molecule has 0 aliphatic heterocycles. The summed E-state index contributed by atoms with van der Waals surface area (Å²) >= 11 is 0. The van der Waals surface area contributed by atoms with Crippen LogP contribution in [0.25, 0.3) is 67.7 Å². The lowest BCUT2D eigenvalue weighted by Crippen LogP contribution is -2.18. The summed E-state index contributed by atoms with van der Waals surface area (Å²) < 4.78 is 0. The molecule has 0 N–H and O–H groups in total. The predicted octanol–water partition coefficient (Wildman–Crippen LogP) is 17.5. The van der Waals surface area contributed by atoms with Gasteiger partial charge in [0, 0.05) is 34.0 Å². The van der Waals surface area contributed by atoms with Crippen LogP contribution in [0.4, 0.5) is 34.5 Å². The first kappa shape index (κ1) is 47.0. The van der Waals surface area contributed by atoms with Crippen LogP contribution in [-0.2, 0) is 0 Å². The fourth-order valence-corrected chi connectivity index (χ4v) is 10.2. The summed E-state index contributed by atoms with van der Waals surface area (Å²) in [5.41, 5.74) is 20.0. The lowest BCUT2D eigenvalue weighted by Gasteiger charge is -2.32. The van der Waals surface area contributed by atoms with Crippen LogP contribution < -0.4 is 9.80 Å². The van der Waals surface area contributed by atoms with Crippen molar-refractivity contribution < 1.29 is 0 Å². The Balaban J connectivity index is 1.17. The van der Waals surface area contributed by atoms with Crippen molar-refractivity contribution in [2.45, 2.75) is 41.5 Å². The summed E-state index contributed by atoms with van der Waals surface area (Å²) in [5, 5.41) is 0. The van der Waals surface area contributed by atoms with Crippen molar-refractivity contribution in [3.63, 3.8) is 0 Å². The van der Waals surface area contributed by atoms with Crippen molar-refractivity contribution in [1.29, 1.82) is 0 Å². The Morgan fingerprint density at radius 1 is 0.270 bits per heavy atom. The highest BCUT2D eigenvalue weighted by atomic mass is 15.3. The average molecular weight is 958 g/mol. The molecule has 74 heavy (non-hydrogen) atoms. The van der Waals surface area contributed by atoms with Gasteiger partial charge in [-0.15, -0.1) is 0 Å². The van der Waals surface area contributed by atoms with Crippen molar-refractivity contribution in [1.82, 2.24) is 24.9 Å². The summed E-state index contributed by atoms with van der Waals surface area (Å²) in [4.78, 5) is 31.3. The number of nitrogens with zero attached hydrogens (tertiary/aromatic N) is 7. The quantitative estimate of drug-likeness (QED) is 0.121. The average Bonchev–Trinajstić information content (AvgIpc) is 3.43. The van der Waals surface area contributed by atoms with Crippen molar-refractivity contribution in [2.24, 2.45) is 0 Å². The molecule has 0 aliphatic rings. The molecule has 0 bridgehead atoms. The molecule has 7 heteroatoms. The second-order valence-corrected chi connectivity index (χ2v) is 19.0. The number of aryl methyl sites for hydroxylation is 6. The van der Waals surface area contributed by atoms with Gasteiger partial charge < -0.3 is 4.90 Å². The molecular weight excluding hydrogens is 903 g/mol. The lowest BCUT2D eigenvalue weighted by molar-refractivity contribution is 1.00. The van der Waals surface area contributed by atoms with Crippen molar-refractivity contribution in [3.8, 4) is 67.7 Å². The third kappa shape index (κ3) is 9.71. The summed E-state index contributed by atoms with van der Waals surface area (Å²) in [5.74, 6) is 2.62. The van der Waals surface area contributed by atoms with Gasteiger partial charge in [0.2, 0.25) is 5.95 Å². The van der Waals surface area contributed by atoms with Crippen LogP contribution in [0.1, 0.15) is 33.4 Å². The molecule has 0 spiro atoms. The standard InChI is InChI=1S/C67H55N7/c1-44-36-46(3)62(47(4)37-44)74(63-48(5)38-45(2)39-49(63)6)59-34-32-58(33-35-59)73(61-43-60(52-26-16-9-17-27-52)68-64(69-61)53-28-18-10-19-29-53)67-71-65(54-30-20-11-21-31-54)70-66(72-67)57-41-55(50-22-12-7-13-23-50)40-56(42-57)51-24-14-8-15-25-51/h7-43H,1-6H3. The second-order valence-electron chi connectivity index (χ2n) is 19.0. The molecule has 0 saturated heterocycles. The normalized spacial score (nSPS) is 11.1. The minimum atomic E-state index is 0.400. The molecule has 0 fully saturated rings. The Kier molecular flexibility index (Phi) is 13.0. The second kappa shape index (κ2) is 20.4. The van der Waals surface area contributed by atoms with Gasteiger partial charge in [0.05, 0.1) is 22.8 Å². The number of aromatic nitrogens is 5. The molecule has 0 unspecified atom stereocenters. The first-order valence-corrected chi connectivity index (χ1v) is 25.1. The molecule has 0 radical (unpaired) electrons. The van der Waals surface area contributed by atoms with Crippen LogP contribution in [0.3, 0.4) is 0 Å². The molecule has 358 valence electrons. The highest BCUT2D eigenvalue weighted by molar-refractivity contribution is 5.86.